The standard InChI is InChI=1S/C13H23F3N2OS/c1-3-20-11-6-4-5-7-18(8-11)10(2)12(19)17-9-13(14,15)16/h10-11H,3-9H2,1-2H3,(H,17,19)/t10-,11-/m0/s1. The number of amides is 1. The van der Waals surface area contributed by atoms with Gasteiger partial charge in [-0.3, -0.25) is 9.69 Å². The Morgan fingerprint density at radius 1 is 1.45 bits per heavy atom. The number of hydrogen-bond donors (Lipinski definition) is 1. The number of nitrogens with one attached hydrogen (secondary N) is 1. The molecule has 0 spiro atoms. The molecule has 0 bridgehead atoms. The average molecular weight is 312 g/mol. The summed E-state index contributed by atoms with van der Waals surface area (Å²) in [6, 6.07) is -0.504. The molecule has 1 N–H and O–H groups in total. The number of alkyl halides is 3. The lowest BCUT2D eigenvalue weighted by atomic mass is 10.2. The number of nitrogens with zero attached hydrogens (tertiary/aromatic N) is 1. The molecule has 3 nitrogen and oxygen atoms in total. The van der Waals surface area contributed by atoms with Crippen molar-refractivity contribution in [1.29, 1.82) is 0 Å². The summed E-state index contributed by atoms with van der Waals surface area (Å²) >= 11 is 1.86. The van der Waals surface area contributed by atoms with Gasteiger partial charge >= 0.3 is 6.18 Å². The fourth-order valence-electron chi connectivity index (χ4n) is 2.36. The minimum atomic E-state index is -4.35. The second kappa shape index (κ2) is 8.12. The molecule has 1 rings (SSSR count). The molecule has 0 saturated carbocycles. The molecule has 0 aromatic carbocycles. The highest BCUT2D eigenvalue weighted by Gasteiger charge is 2.31. The lowest BCUT2D eigenvalue weighted by Crippen LogP contribution is -2.48. The second-order valence-corrected chi connectivity index (χ2v) is 6.65. The van der Waals surface area contributed by atoms with Gasteiger partial charge in [0.15, 0.2) is 0 Å². The van der Waals surface area contributed by atoms with Gasteiger partial charge in [-0.15, -0.1) is 0 Å². The lowest BCUT2D eigenvalue weighted by Gasteiger charge is -2.29. The second-order valence-electron chi connectivity index (χ2n) is 5.08. The largest absolute Gasteiger partial charge is 0.405 e. The van der Waals surface area contributed by atoms with E-state index >= 15 is 0 Å². The number of thioether (sulfide) groups is 1. The molecule has 1 aliphatic rings. The number of halogens is 3. The highest BCUT2D eigenvalue weighted by atomic mass is 32.2. The first-order valence-electron chi connectivity index (χ1n) is 7.03. The van der Waals surface area contributed by atoms with Gasteiger partial charge in [-0.2, -0.15) is 24.9 Å². The zero-order valence-electron chi connectivity index (χ0n) is 12.0. The summed E-state index contributed by atoms with van der Waals surface area (Å²) in [6.07, 6.45) is -1.12. The van der Waals surface area contributed by atoms with Crippen LogP contribution in [-0.4, -0.2) is 53.7 Å². The molecular weight excluding hydrogens is 289 g/mol. The van der Waals surface area contributed by atoms with Crippen LogP contribution in [0.15, 0.2) is 0 Å². The molecule has 0 radical (unpaired) electrons. The van der Waals surface area contributed by atoms with Gasteiger partial charge in [0.25, 0.3) is 0 Å². The summed E-state index contributed by atoms with van der Waals surface area (Å²) in [4.78, 5) is 13.8. The van der Waals surface area contributed by atoms with Crippen LogP contribution in [0.25, 0.3) is 0 Å². The van der Waals surface area contributed by atoms with Gasteiger partial charge in [-0.25, -0.2) is 0 Å². The molecule has 1 fully saturated rings. The Hall–Kier alpha value is -0.430. The van der Waals surface area contributed by atoms with E-state index in [-0.39, 0.29) is 0 Å². The van der Waals surface area contributed by atoms with Crippen LogP contribution in [0.2, 0.25) is 0 Å². The van der Waals surface area contributed by atoms with E-state index in [0.717, 1.165) is 38.1 Å². The number of carbonyl (C=O) groups is 1. The Morgan fingerprint density at radius 3 is 2.75 bits per heavy atom. The molecule has 118 valence electrons. The summed E-state index contributed by atoms with van der Waals surface area (Å²) in [7, 11) is 0. The van der Waals surface area contributed by atoms with E-state index in [9.17, 15) is 18.0 Å². The van der Waals surface area contributed by atoms with Crippen molar-refractivity contribution in [2.45, 2.75) is 50.6 Å². The maximum absolute atomic E-state index is 12.1. The fraction of sp³-hybridized carbons (Fsp3) is 0.923. The van der Waals surface area contributed by atoms with E-state index < -0.39 is 24.7 Å². The molecule has 20 heavy (non-hydrogen) atoms. The van der Waals surface area contributed by atoms with E-state index in [4.69, 9.17) is 0 Å². The summed E-state index contributed by atoms with van der Waals surface area (Å²) in [5, 5.41) is 2.45. The van der Waals surface area contributed by atoms with Crippen LogP contribution in [0.1, 0.15) is 33.1 Å². The SMILES string of the molecule is CCS[C@H]1CCCCN([C@@H](C)C(=O)NCC(F)(F)F)C1. The van der Waals surface area contributed by atoms with Gasteiger partial charge in [0.05, 0.1) is 6.04 Å². The Kier molecular flexibility index (Phi) is 7.15. The molecule has 1 heterocycles. The van der Waals surface area contributed by atoms with Crippen molar-refractivity contribution in [3.63, 3.8) is 0 Å². The van der Waals surface area contributed by atoms with Crippen LogP contribution in [-0.2, 0) is 4.79 Å². The zero-order valence-corrected chi connectivity index (χ0v) is 12.8. The number of carbonyl (C=O) groups excluding carboxylic acids is 1. The minimum Gasteiger partial charge on any atom is -0.346 e. The molecule has 1 aliphatic heterocycles. The topological polar surface area (TPSA) is 32.3 Å². The molecule has 1 amide bonds. The van der Waals surface area contributed by atoms with E-state index in [0.29, 0.717) is 5.25 Å². The summed E-state index contributed by atoms with van der Waals surface area (Å²) < 4.78 is 36.4. The Balaban J connectivity index is 2.50. The van der Waals surface area contributed by atoms with Crippen LogP contribution in [0.3, 0.4) is 0 Å². The highest BCUT2D eigenvalue weighted by Crippen LogP contribution is 2.23. The summed E-state index contributed by atoms with van der Waals surface area (Å²) in [5.74, 6) is 0.483. The van der Waals surface area contributed by atoms with Gasteiger partial charge in [-0.1, -0.05) is 13.3 Å². The van der Waals surface area contributed by atoms with Crippen molar-refractivity contribution in [3.05, 3.63) is 0 Å². The highest BCUT2D eigenvalue weighted by molar-refractivity contribution is 7.99. The molecule has 1 saturated heterocycles. The van der Waals surface area contributed by atoms with Gasteiger partial charge in [0, 0.05) is 11.8 Å². The lowest BCUT2D eigenvalue weighted by molar-refractivity contribution is -0.141. The van der Waals surface area contributed by atoms with E-state index in [1.807, 2.05) is 22.0 Å². The number of hydrogen-bond acceptors (Lipinski definition) is 3. The van der Waals surface area contributed by atoms with Gasteiger partial charge in [0.1, 0.15) is 6.54 Å². The van der Waals surface area contributed by atoms with Gasteiger partial charge < -0.3 is 5.32 Å². The maximum atomic E-state index is 12.1. The van der Waals surface area contributed by atoms with Crippen molar-refractivity contribution in [2.24, 2.45) is 0 Å². The maximum Gasteiger partial charge on any atom is 0.405 e. The van der Waals surface area contributed by atoms with E-state index in [1.54, 1.807) is 6.92 Å². The third-order valence-corrected chi connectivity index (χ3v) is 4.64. The van der Waals surface area contributed by atoms with Crippen molar-refractivity contribution in [3.8, 4) is 0 Å². The van der Waals surface area contributed by atoms with Crippen molar-refractivity contribution >= 4 is 17.7 Å². The summed E-state index contributed by atoms with van der Waals surface area (Å²) in [6.45, 7) is 4.09. The number of likely N-dealkylation sites (tertiary alicyclic amines) is 1. The predicted octanol–water partition coefficient (Wildman–Crippen LogP) is 2.66. The third-order valence-electron chi connectivity index (χ3n) is 3.45. The van der Waals surface area contributed by atoms with Gasteiger partial charge in [0.2, 0.25) is 5.91 Å². The van der Waals surface area contributed by atoms with E-state index in [1.165, 1.54) is 0 Å². The van der Waals surface area contributed by atoms with Gasteiger partial charge in [-0.05, 0) is 32.1 Å². The first-order chi connectivity index (χ1) is 9.33. The summed E-state index contributed by atoms with van der Waals surface area (Å²) in [5.41, 5.74) is 0. The van der Waals surface area contributed by atoms with Crippen LogP contribution >= 0.6 is 11.8 Å². The third kappa shape index (κ3) is 6.35. The normalized spacial score (nSPS) is 23.1. The zero-order chi connectivity index (χ0) is 15.2. The minimum absolute atomic E-state index is 0.473. The Morgan fingerprint density at radius 2 is 2.15 bits per heavy atom. The molecule has 0 aromatic heterocycles. The molecule has 0 unspecified atom stereocenters. The first kappa shape index (κ1) is 17.6. The number of rotatable bonds is 5. The van der Waals surface area contributed by atoms with Crippen LogP contribution < -0.4 is 5.32 Å². The average Bonchev–Trinajstić information content (AvgIpc) is 2.60. The van der Waals surface area contributed by atoms with Crippen molar-refractivity contribution < 1.29 is 18.0 Å². The van der Waals surface area contributed by atoms with Crippen molar-refractivity contribution in [2.75, 3.05) is 25.4 Å². The first-order valence-corrected chi connectivity index (χ1v) is 8.08. The van der Waals surface area contributed by atoms with Crippen LogP contribution in [0.5, 0.6) is 0 Å². The predicted molar refractivity (Wildman–Crippen MR) is 75.9 cm³/mol. The van der Waals surface area contributed by atoms with Crippen LogP contribution in [0.4, 0.5) is 13.2 Å². The smallest absolute Gasteiger partial charge is 0.346 e. The van der Waals surface area contributed by atoms with Crippen molar-refractivity contribution in [1.82, 2.24) is 10.2 Å². The molecule has 0 aliphatic carbocycles. The molecule has 0 aromatic rings. The quantitative estimate of drug-likeness (QED) is 0.847. The molecular formula is C13H23F3N2OS. The van der Waals surface area contributed by atoms with Crippen LogP contribution in [0, 0.1) is 0 Å². The Bertz CT molecular complexity index is 312. The fourth-order valence-corrected chi connectivity index (χ4v) is 3.46. The molecule has 7 heteroatoms. The Labute approximate surface area is 122 Å². The molecule has 2 atom stereocenters. The monoisotopic (exact) mass is 312 g/mol. The van der Waals surface area contributed by atoms with E-state index in [2.05, 4.69) is 6.92 Å².